The summed E-state index contributed by atoms with van der Waals surface area (Å²) < 4.78 is 22.9. The molecule has 0 aliphatic heterocycles. The van der Waals surface area contributed by atoms with Crippen molar-refractivity contribution in [2.45, 2.75) is 40.7 Å². The third-order valence-corrected chi connectivity index (χ3v) is 5.08. The Morgan fingerprint density at radius 2 is 1.40 bits per heavy atom. The fraction of sp³-hybridized carbons (Fsp3) is 0.417. The Labute approximate surface area is 215 Å². The number of carbonyl (C=O) groups excluding carboxylic acids is 2. The highest BCUT2D eigenvalue weighted by atomic mass is 35.5. The van der Waals surface area contributed by atoms with Crippen molar-refractivity contribution in [3.05, 3.63) is 35.4 Å². The summed E-state index contributed by atoms with van der Waals surface area (Å²) in [5.74, 6) is 0.324. The van der Waals surface area contributed by atoms with Crippen molar-refractivity contribution in [2.75, 3.05) is 30.8 Å². The topological polar surface area (TPSA) is 99.0 Å². The molecule has 2 rings (SSSR count). The molecular weight excluding hydrogens is 497 g/mol. The summed E-state index contributed by atoms with van der Waals surface area (Å²) in [5.41, 5.74) is 0.490. The standard InChI is InChI=1S/C24H29Cl2N3O6/c1-6-32-17-10-16(11-18(12-17)33-7-2)29(26)24(31)23(15(5)30)28-27-20-13-19(25)21(34-8-3)14-22(20)35-9-4/h10-14,23H,6-9H2,1-5H3. The minimum absolute atomic E-state index is 0.234. The lowest BCUT2D eigenvalue weighted by atomic mass is 10.2. The molecule has 0 aromatic heterocycles. The van der Waals surface area contributed by atoms with Crippen LogP contribution in [0.1, 0.15) is 34.6 Å². The molecule has 1 unspecified atom stereocenters. The first-order valence-corrected chi connectivity index (χ1v) is 11.9. The first-order chi connectivity index (χ1) is 16.7. The van der Waals surface area contributed by atoms with Gasteiger partial charge >= 0.3 is 0 Å². The molecule has 0 saturated heterocycles. The molecule has 0 radical (unpaired) electrons. The second kappa shape index (κ2) is 13.7. The van der Waals surface area contributed by atoms with E-state index in [0.29, 0.717) is 49.4 Å². The van der Waals surface area contributed by atoms with Crippen LogP contribution in [0.5, 0.6) is 23.0 Å². The highest BCUT2D eigenvalue weighted by molar-refractivity contribution is 6.39. The Morgan fingerprint density at radius 3 is 1.91 bits per heavy atom. The summed E-state index contributed by atoms with van der Waals surface area (Å²) in [6.45, 7) is 10.1. The van der Waals surface area contributed by atoms with Gasteiger partial charge in [0.1, 0.15) is 22.9 Å². The fourth-order valence-electron chi connectivity index (χ4n) is 2.97. The van der Waals surface area contributed by atoms with Gasteiger partial charge in [-0.05, 0) is 40.7 Å². The van der Waals surface area contributed by atoms with Gasteiger partial charge < -0.3 is 18.9 Å². The molecule has 190 valence electrons. The molecule has 0 heterocycles. The van der Waals surface area contributed by atoms with E-state index in [1.54, 1.807) is 31.2 Å². The van der Waals surface area contributed by atoms with Gasteiger partial charge in [0.15, 0.2) is 11.5 Å². The maximum absolute atomic E-state index is 13.1. The van der Waals surface area contributed by atoms with E-state index in [9.17, 15) is 9.59 Å². The van der Waals surface area contributed by atoms with Gasteiger partial charge in [0.25, 0.3) is 5.91 Å². The van der Waals surface area contributed by atoms with Gasteiger partial charge in [-0.2, -0.15) is 10.2 Å². The van der Waals surface area contributed by atoms with Crippen molar-refractivity contribution in [1.29, 1.82) is 0 Å². The summed E-state index contributed by atoms with van der Waals surface area (Å²) in [6.07, 6.45) is 0. The normalized spacial score (nSPS) is 11.7. The maximum atomic E-state index is 13.1. The van der Waals surface area contributed by atoms with Crippen molar-refractivity contribution in [2.24, 2.45) is 10.2 Å². The summed E-state index contributed by atoms with van der Waals surface area (Å²) in [4.78, 5) is 25.4. The second-order valence-corrected chi connectivity index (χ2v) is 7.74. The van der Waals surface area contributed by atoms with Crippen LogP contribution in [0, 0.1) is 0 Å². The van der Waals surface area contributed by atoms with E-state index in [-0.39, 0.29) is 16.4 Å². The van der Waals surface area contributed by atoms with Crippen molar-refractivity contribution >= 4 is 46.4 Å². The van der Waals surface area contributed by atoms with E-state index >= 15 is 0 Å². The molecule has 0 aliphatic carbocycles. The van der Waals surface area contributed by atoms with Crippen molar-refractivity contribution in [3.8, 4) is 23.0 Å². The molecule has 9 nitrogen and oxygen atoms in total. The molecule has 35 heavy (non-hydrogen) atoms. The Kier molecular flexibility index (Phi) is 11.1. The monoisotopic (exact) mass is 525 g/mol. The first-order valence-electron chi connectivity index (χ1n) is 11.2. The molecule has 1 amide bonds. The van der Waals surface area contributed by atoms with E-state index in [1.165, 1.54) is 13.0 Å². The number of halogens is 2. The largest absolute Gasteiger partial charge is 0.494 e. The predicted octanol–water partition coefficient (Wildman–Crippen LogP) is 6.16. The predicted molar refractivity (Wildman–Crippen MR) is 135 cm³/mol. The minimum atomic E-state index is -1.50. The van der Waals surface area contributed by atoms with Crippen LogP contribution >= 0.6 is 23.4 Å². The van der Waals surface area contributed by atoms with Crippen molar-refractivity contribution in [3.63, 3.8) is 0 Å². The zero-order valence-corrected chi connectivity index (χ0v) is 21.9. The van der Waals surface area contributed by atoms with Gasteiger partial charge in [-0.25, -0.2) is 4.42 Å². The van der Waals surface area contributed by atoms with Gasteiger partial charge in [0.05, 0.1) is 37.1 Å². The number of hydrogen-bond donors (Lipinski definition) is 0. The number of azo groups is 1. The van der Waals surface area contributed by atoms with E-state index < -0.39 is 17.7 Å². The number of rotatable bonds is 13. The van der Waals surface area contributed by atoms with Crippen molar-refractivity contribution < 1.29 is 28.5 Å². The van der Waals surface area contributed by atoms with Crippen LogP contribution in [-0.4, -0.2) is 44.2 Å². The van der Waals surface area contributed by atoms with E-state index in [2.05, 4.69) is 10.2 Å². The first kappa shape index (κ1) is 28.2. The molecule has 0 aliphatic rings. The number of ketones is 1. The minimum Gasteiger partial charge on any atom is -0.494 e. The average Bonchev–Trinajstić information content (AvgIpc) is 2.81. The number of benzene rings is 2. The molecule has 11 heteroatoms. The Bertz CT molecular complexity index is 1040. The van der Waals surface area contributed by atoms with Crippen LogP contribution in [0.25, 0.3) is 0 Å². The molecular formula is C24H29Cl2N3O6. The zero-order chi connectivity index (χ0) is 26.0. The van der Waals surface area contributed by atoms with Crippen molar-refractivity contribution in [1.82, 2.24) is 0 Å². The van der Waals surface area contributed by atoms with Gasteiger partial charge in [-0.15, -0.1) is 0 Å². The number of nitrogens with zero attached hydrogens (tertiary/aromatic N) is 3. The van der Waals surface area contributed by atoms with Crippen LogP contribution < -0.4 is 23.4 Å². The smallest absolute Gasteiger partial charge is 0.276 e. The molecule has 0 fully saturated rings. The summed E-state index contributed by atoms with van der Waals surface area (Å²) in [5, 5.41) is 8.34. The molecule has 0 bridgehead atoms. The van der Waals surface area contributed by atoms with Crippen LogP contribution in [0.4, 0.5) is 11.4 Å². The number of carbonyl (C=O) groups is 2. The van der Waals surface area contributed by atoms with E-state index in [4.69, 9.17) is 42.3 Å². The second-order valence-electron chi connectivity index (χ2n) is 6.99. The lowest BCUT2D eigenvalue weighted by Crippen LogP contribution is -2.36. The number of Topliss-reactive ketones (excluding diaryl/α,β-unsaturated/α-hetero) is 1. The summed E-state index contributed by atoms with van der Waals surface area (Å²) in [6, 6.07) is 6.37. The van der Waals surface area contributed by atoms with Gasteiger partial charge in [-0.3, -0.25) is 9.59 Å². The van der Waals surface area contributed by atoms with Crippen LogP contribution in [0.15, 0.2) is 40.6 Å². The Balaban J connectivity index is 2.39. The van der Waals surface area contributed by atoms with Gasteiger partial charge in [0.2, 0.25) is 6.04 Å². The molecule has 0 N–H and O–H groups in total. The molecule has 2 aromatic carbocycles. The SMILES string of the molecule is CCOc1cc(OCC)cc(N(Cl)C(=O)C(N=Nc2cc(Cl)c(OCC)cc2OCC)C(C)=O)c1. The third-order valence-electron chi connectivity index (χ3n) is 4.42. The van der Waals surface area contributed by atoms with Gasteiger partial charge in [-0.1, -0.05) is 11.6 Å². The molecule has 1 atom stereocenters. The van der Waals surface area contributed by atoms with Crippen LogP contribution in [0.2, 0.25) is 5.02 Å². The highest BCUT2D eigenvalue weighted by Crippen LogP contribution is 2.38. The van der Waals surface area contributed by atoms with E-state index in [1.807, 2.05) is 20.8 Å². The van der Waals surface area contributed by atoms with Crippen LogP contribution in [0.3, 0.4) is 0 Å². The number of ether oxygens (including phenoxy) is 4. The molecule has 2 aromatic rings. The highest BCUT2D eigenvalue weighted by Gasteiger charge is 2.29. The van der Waals surface area contributed by atoms with Crippen LogP contribution in [-0.2, 0) is 9.59 Å². The lowest BCUT2D eigenvalue weighted by molar-refractivity contribution is -0.126. The number of amides is 1. The number of hydrogen-bond acceptors (Lipinski definition) is 8. The maximum Gasteiger partial charge on any atom is 0.276 e. The zero-order valence-electron chi connectivity index (χ0n) is 20.3. The molecule has 0 spiro atoms. The van der Waals surface area contributed by atoms with Gasteiger partial charge in [0, 0.05) is 36.0 Å². The molecule has 0 saturated carbocycles. The summed E-state index contributed by atoms with van der Waals surface area (Å²) >= 11 is 12.6. The Morgan fingerprint density at radius 1 is 0.857 bits per heavy atom. The quantitative estimate of drug-likeness (QED) is 0.176. The fourth-order valence-corrected chi connectivity index (χ4v) is 3.37. The van der Waals surface area contributed by atoms with E-state index in [0.717, 1.165) is 4.42 Å². The summed E-state index contributed by atoms with van der Waals surface area (Å²) in [7, 11) is 0. The Hall–Kier alpha value is -3.04. The lowest BCUT2D eigenvalue weighted by Gasteiger charge is -2.19. The average molecular weight is 526 g/mol. The third kappa shape index (κ3) is 7.73. The number of anilines is 1.